The maximum Gasteiger partial charge on any atom is 0.122 e. The van der Waals surface area contributed by atoms with E-state index in [0.29, 0.717) is 0 Å². The molecule has 1 aromatic heterocycles. The molecule has 0 saturated heterocycles. The third-order valence-corrected chi connectivity index (χ3v) is 3.91. The summed E-state index contributed by atoms with van der Waals surface area (Å²) in [5.41, 5.74) is 3.86. The number of pyridine rings is 1. The van der Waals surface area contributed by atoms with Gasteiger partial charge >= 0.3 is 0 Å². The summed E-state index contributed by atoms with van der Waals surface area (Å²) in [4.78, 5) is 4.81. The molecule has 0 amide bonds. The van der Waals surface area contributed by atoms with Crippen LogP contribution in [-0.2, 0) is 0 Å². The first-order valence-electron chi connectivity index (χ1n) is 7.92. The maximum atomic E-state index is 4.81. The lowest BCUT2D eigenvalue weighted by molar-refractivity contribution is 1.32. The van der Waals surface area contributed by atoms with Gasteiger partial charge in [0.15, 0.2) is 0 Å². The molecule has 0 aliphatic rings. The van der Waals surface area contributed by atoms with E-state index in [1.807, 2.05) is 60.7 Å². The Bertz CT molecular complexity index is 1040. The predicted octanol–water partition coefficient (Wildman–Crippen LogP) is 5.30. The largest absolute Gasteiger partial charge is 0.239 e. The lowest BCUT2D eigenvalue weighted by atomic mass is 10.0. The van der Waals surface area contributed by atoms with E-state index in [2.05, 4.69) is 42.2 Å². The summed E-state index contributed by atoms with van der Waals surface area (Å²) in [6.45, 7) is 0. The maximum absolute atomic E-state index is 4.81. The molecule has 1 nitrogen and oxygen atoms in total. The van der Waals surface area contributed by atoms with E-state index >= 15 is 0 Å². The fourth-order valence-corrected chi connectivity index (χ4v) is 2.70. The van der Waals surface area contributed by atoms with Crippen LogP contribution in [0.3, 0.4) is 0 Å². The Labute approximate surface area is 141 Å². The number of nitrogens with zero attached hydrogens (tertiary/aromatic N) is 1. The monoisotopic (exact) mass is 305 g/mol. The number of hydrogen-bond donors (Lipinski definition) is 0. The van der Waals surface area contributed by atoms with Crippen molar-refractivity contribution in [2.45, 2.75) is 0 Å². The summed E-state index contributed by atoms with van der Waals surface area (Å²) >= 11 is 0. The molecular weight excluding hydrogens is 290 g/mol. The highest BCUT2D eigenvalue weighted by Gasteiger charge is 2.05. The van der Waals surface area contributed by atoms with Crippen LogP contribution in [0.2, 0.25) is 0 Å². The van der Waals surface area contributed by atoms with E-state index in [0.717, 1.165) is 33.3 Å². The Hall–Kier alpha value is -3.37. The van der Waals surface area contributed by atoms with Gasteiger partial charge in [-0.15, -0.1) is 0 Å². The molecule has 1 heteroatoms. The van der Waals surface area contributed by atoms with Crippen LogP contribution in [0.15, 0.2) is 91.0 Å². The minimum atomic E-state index is 0.816. The molecule has 0 aliphatic carbocycles. The number of aromatic nitrogens is 1. The molecule has 0 unspecified atom stereocenters. The molecule has 0 saturated carbocycles. The third-order valence-electron chi connectivity index (χ3n) is 3.91. The van der Waals surface area contributed by atoms with E-state index < -0.39 is 0 Å². The second kappa shape index (κ2) is 6.40. The van der Waals surface area contributed by atoms with Gasteiger partial charge < -0.3 is 0 Å². The Kier molecular flexibility index (Phi) is 3.80. The van der Waals surface area contributed by atoms with Gasteiger partial charge in [-0.3, -0.25) is 0 Å². The van der Waals surface area contributed by atoms with Crippen LogP contribution in [0.25, 0.3) is 22.0 Å². The predicted molar refractivity (Wildman–Crippen MR) is 99.6 cm³/mol. The van der Waals surface area contributed by atoms with Gasteiger partial charge in [-0.05, 0) is 29.5 Å². The first-order chi connectivity index (χ1) is 11.9. The smallest absolute Gasteiger partial charge is 0.122 e. The Morgan fingerprint density at radius 3 is 2.08 bits per heavy atom. The zero-order chi connectivity index (χ0) is 16.2. The molecule has 0 radical (unpaired) electrons. The van der Waals surface area contributed by atoms with Crippen molar-refractivity contribution >= 4 is 10.8 Å². The average Bonchev–Trinajstić information content (AvgIpc) is 2.67. The van der Waals surface area contributed by atoms with E-state index in [1.165, 1.54) is 0 Å². The number of hydrogen-bond acceptors (Lipinski definition) is 1. The molecule has 24 heavy (non-hydrogen) atoms. The molecule has 0 atom stereocenters. The van der Waals surface area contributed by atoms with Crippen LogP contribution in [0, 0.1) is 11.8 Å². The average molecular weight is 305 g/mol. The topological polar surface area (TPSA) is 12.9 Å². The molecule has 0 N–H and O–H groups in total. The van der Waals surface area contributed by atoms with Gasteiger partial charge in [0.05, 0.1) is 5.69 Å². The zero-order valence-corrected chi connectivity index (χ0v) is 13.1. The molecule has 4 aromatic rings. The van der Waals surface area contributed by atoms with Gasteiger partial charge in [-0.2, -0.15) is 0 Å². The Morgan fingerprint density at radius 2 is 1.29 bits per heavy atom. The second-order valence-electron chi connectivity index (χ2n) is 5.56. The lowest BCUT2D eigenvalue weighted by Crippen LogP contribution is -1.91. The van der Waals surface area contributed by atoms with Crippen molar-refractivity contribution in [3.63, 3.8) is 0 Å². The number of fused-ring (bicyclic) bond motifs is 1. The molecule has 0 bridgehead atoms. The summed E-state index contributed by atoms with van der Waals surface area (Å²) in [7, 11) is 0. The minimum absolute atomic E-state index is 0.816. The fraction of sp³-hybridized carbons (Fsp3) is 0. The highest BCUT2D eigenvalue weighted by molar-refractivity contribution is 5.90. The normalized spacial score (nSPS) is 10.2. The van der Waals surface area contributed by atoms with Crippen molar-refractivity contribution in [3.8, 4) is 23.1 Å². The van der Waals surface area contributed by atoms with Gasteiger partial charge in [-0.1, -0.05) is 78.7 Å². The van der Waals surface area contributed by atoms with E-state index in [1.54, 1.807) is 0 Å². The van der Waals surface area contributed by atoms with Crippen molar-refractivity contribution < 1.29 is 0 Å². The summed E-state index contributed by atoms with van der Waals surface area (Å²) in [5, 5.41) is 2.24. The van der Waals surface area contributed by atoms with Gasteiger partial charge in [0.1, 0.15) is 5.69 Å². The summed E-state index contributed by atoms with van der Waals surface area (Å²) in [6.07, 6.45) is 0. The van der Waals surface area contributed by atoms with E-state index in [9.17, 15) is 0 Å². The molecule has 0 aliphatic heterocycles. The molecule has 1 heterocycles. The van der Waals surface area contributed by atoms with Crippen LogP contribution in [0.5, 0.6) is 0 Å². The fourth-order valence-electron chi connectivity index (χ4n) is 2.70. The van der Waals surface area contributed by atoms with Crippen LogP contribution < -0.4 is 0 Å². The third kappa shape index (κ3) is 2.91. The molecule has 3 aromatic carbocycles. The van der Waals surface area contributed by atoms with E-state index in [4.69, 9.17) is 4.98 Å². The first kappa shape index (κ1) is 14.2. The summed E-state index contributed by atoms with van der Waals surface area (Å²) in [6, 6.07) is 30.6. The Balaban J connectivity index is 1.89. The van der Waals surface area contributed by atoms with Crippen molar-refractivity contribution in [1.82, 2.24) is 4.98 Å². The van der Waals surface area contributed by atoms with Crippen molar-refractivity contribution in [3.05, 3.63) is 102 Å². The zero-order valence-electron chi connectivity index (χ0n) is 13.1. The second-order valence-corrected chi connectivity index (χ2v) is 5.56. The SMILES string of the molecule is C(#Cc1nc(-c2ccccc2)cc2ccccc12)c1ccccc1. The van der Waals surface area contributed by atoms with Crippen LogP contribution in [0.4, 0.5) is 0 Å². The highest BCUT2D eigenvalue weighted by atomic mass is 14.7. The molecular formula is C23H15N. The summed E-state index contributed by atoms with van der Waals surface area (Å²) in [5.74, 6) is 6.47. The molecule has 4 rings (SSSR count). The quantitative estimate of drug-likeness (QED) is 0.435. The highest BCUT2D eigenvalue weighted by Crippen LogP contribution is 2.24. The lowest BCUT2D eigenvalue weighted by Gasteiger charge is -2.06. The van der Waals surface area contributed by atoms with Crippen LogP contribution in [-0.4, -0.2) is 4.98 Å². The van der Waals surface area contributed by atoms with Gasteiger partial charge in [0, 0.05) is 16.5 Å². The first-order valence-corrected chi connectivity index (χ1v) is 7.92. The Morgan fingerprint density at radius 1 is 0.625 bits per heavy atom. The van der Waals surface area contributed by atoms with Crippen LogP contribution in [0.1, 0.15) is 11.3 Å². The number of benzene rings is 3. The standard InChI is InChI=1S/C23H15N/c1-3-9-18(10-4-1)15-16-22-21-14-8-7-13-20(21)17-23(24-22)19-11-5-2-6-12-19/h1-14,17H. The van der Waals surface area contributed by atoms with Crippen molar-refractivity contribution in [1.29, 1.82) is 0 Å². The van der Waals surface area contributed by atoms with Crippen molar-refractivity contribution in [2.24, 2.45) is 0 Å². The van der Waals surface area contributed by atoms with Gasteiger partial charge in [0.25, 0.3) is 0 Å². The number of rotatable bonds is 1. The van der Waals surface area contributed by atoms with Gasteiger partial charge in [0.2, 0.25) is 0 Å². The van der Waals surface area contributed by atoms with Crippen LogP contribution >= 0.6 is 0 Å². The van der Waals surface area contributed by atoms with Crippen molar-refractivity contribution in [2.75, 3.05) is 0 Å². The van der Waals surface area contributed by atoms with E-state index in [-0.39, 0.29) is 0 Å². The minimum Gasteiger partial charge on any atom is -0.239 e. The molecule has 0 spiro atoms. The summed E-state index contributed by atoms with van der Waals surface area (Å²) < 4.78 is 0. The molecule has 112 valence electrons. The van der Waals surface area contributed by atoms with Gasteiger partial charge in [-0.25, -0.2) is 4.98 Å². The molecule has 0 fully saturated rings.